The van der Waals surface area contributed by atoms with Gasteiger partial charge in [0.1, 0.15) is 23.9 Å². The summed E-state index contributed by atoms with van der Waals surface area (Å²) in [5.41, 5.74) is 2.16. The number of halogens is 3. The van der Waals surface area contributed by atoms with Gasteiger partial charge in [0, 0.05) is 31.3 Å². The van der Waals surface area contributed by atoms with Gasteiger partial charge in [-0.05, 0) is 31.4 Å². The fourth-order valence-corrected chi connectivity index (χ4v) is 3.99. The second-order valence-electron chi connectivity index (χ2n) is 7.69. The summed E-state index contributed by atoms with van der Waals surface area (Å²) in [6, 6.07) is 5.52. The monoisotopic (exact) mass is 423 g/mol. The van der Waals surface area contributed by atoms with Gasteiger partial charge in [-0.25, -0.2) is 4.98 Å². The highest BCUT2D eigenvalue weighted by molar-refractivity contribution is 5.92. The summed E-state index contributed by atoms with van der Waals surface area (Å²) in [7, 11) is 0. The van der Waals surface area contributed by atoms with Gasteiger partial charge >= 0.3 is 6.18 Å². The van der Waals surface area contributed by atoms with Crippen molar-refractivity contribution < 1.29 is 27.4 Å². The van der Waals surface area contributed by atoms with Crippen LogP contribution in [-0.4, -0.2) is 40.9 Å². The summed E-state index contributed by atoms with van der Waals surface area (Å²) in [6.45, 7) is 3.12. The summed E-state index contributed by atoms with van der Waals surface area (Å²) in [5.74, 6) is -0.500. The maximum atomic E-state index is 13.0. The molecule has 2 aliphatic heterocycles. The number of amides is 1. The summed E-state index contributed by atoms with van der Waals surface area (Å²) in [6.07, 6.45) is -2.03. The fourth-order valence-electron chi connectivity index (χ4n) is 3.99. The molecule has 2 atom stereocenters. The lowest BCUT2D eigenvalue weighted by Crippen LogP contribution is -2.43. The maximum Gasteiger partial charge on any atom is 0.393 e. The predicted octanol–water partition coefficient (Wildman–Crippen LogP) is 3.28. The van der Waals surface area contributed by atoms with Crippen LogP contribution in [-0.2, 0) is 30.7 Å². The van der Waals surface area contributed by atoms with Gasteiger partial charge in [-0.3, -0.25) is 4.79 Å². The molecule has 0 saturated carbocycles. The van der Waals surface area contributed by atoms with E-state index >= 15 is 0 Å². The Morgan fingerprint density at radius 3 is 3.00 bits per heavy atom. The largest absolute Gasteiger partial charge is 0.491 e. The molecule has 0 fully saturated rings. The van der Waals surface area contributed by atoms with E-state index in [1.165, 1.54) is 10.8 Å². The number of rotatable bonds is 5. The molecule has 6 nitrogen and oxygen atoms in total. The number of nitrogens with one attached hydrogen (secondary N) is 1. The minimum atomic E-state index is -4.24. The Morgan fingerprint density at radius 1 is 1.40 bits per heavy atom. The zero-order chi connectivity index (χ0) is 21.3. The lowest BCUT2D eigenvalue weighted by molar-refractivity contribution is -0.182. The first-order chi connectivity index (χ1) is 14.3. The van der Waals surface area contributed by atoms with Crippen molar-refractivity contribution in [2.75, 3.05) is 13.2 Å². The third kappa shape index (κ3) is 4.30. The Balaban J connectivity index is 1.43. The molecule has 0 spiro atoms. The average molecular weight is 423 g/mol. The lowest BCUT2D eigenvalue weighted by atomic mass is 9.97. The Morgan fingerprint density at radius 2 is 2.23 bits per heavy atom. The fraction of sp³-hybridized carbons (Fsp3) is 0.524. The number of alkyl halides is 3. The number of aromatic nitrogens is 2. The van der Waals surface area contributed by atoms with Crippen LogP contribution in [0.5, 0.6) is 5.75 Å². The number of hydrogen-bond donors (Lipinski definition) is 1. The Hall–Kier alpha value is -2.55. The Labute approximate surface area is 172 Å². The summed E-state index contributed by atoms with van der Waals surface area (Å²) >= 11 is 0. The van der Waals surface area contributed by atoms with E-state index in [4.69, 9.17) is 9.47 Å². The Kier molecular flexibility index (Phi) is 5.73. The van der Waals surface area contributed by atoms with E-state index < -0.39 is 18.0 Å². The van der Waals surface area contributed by atoms with Gasteiger partial charge in [0.2, 0.25) is 0 Å². The number of carbonyl (C=O) groups excluding carboxylic acids is 1. The van der Waals surface area contributed by atoms with Crippen molar-refractivity contribution in [2.45, 2.75) is 51.6 Å². The van der Waals surface area contributed by atoms with E-state index in [1.807, 2.05) is 25.1 Å². The molecule has 0 bridgehead atoms. The third-order valence-corrected chi connectivity index (χ3v) is 5.61. The molecule has 1 amide bonds. The van der Waals surface area contributed by atoms with Gasteiger partial charge in [0.25, 0.3) is 5.91 Å². The number of imidazole rings is 1. The summed E-state index contributed by atoms with van der Waals surface area (Å²) < 4.78 is 51.8. The number of aryl methyl sites for hydroxylation is 1. The molecule has 9 heteroatoms. The second kappa shape index (κ2) is 8.29. The number of carbonyl (C=O) groups is 1. The topological polar surface area (TPSA) is 65.4 Å². The third-order valence-electron chi connectivity index (χ3n) is 5.61. The highest BCUT2D eigenvalue weighted by Gasteiger charge is 2.41. The molecule has 1 aromatic carbocycles. The average Bonchev–Trinajstić information content (AvgIpc) is 3.15. The lowest BCUT2D eigenvalue weighted by Gasteiger charge is -2.27. The summed E-state index contributed by atoms with van der Waals surface area (Å²) in [4.78, 5) is 16.9. The van der Waals surface area contributed by atoms with Crippen molar-refractivity contribution in [3.05, 3.63) is 47.0 Å². The molecule has 162 valence electrons. The number of nitrogens with zero attached hydrogens (tertiary/aromatic N) is 2. The van der Waals surface area contributed by atoms with Crippen molar-refractivity contribution in [3.8, 4) is 5.75 Å². The van der Waals surface area contributed by atoms with Crippen molar-refractivity contribution in [1.82, 2.24) is 14.9 Å². The van der Waals surface area contributed by atoms with Gasteiger partial charge in [-0.2, -0.15) is 13.2 Å². The minimum absolute atomic E-state index is 0.00255. The maximum absolute atomic E-state index is 13.0. The predicted molar refractivity (Wildman–Crippen MR) is 102 cm³/mol. The van der Waals surface area contributed by atoms with Crippen LogP contribution in [0.25, 0.3) is 0 Å². The van der Waals surface area contributed by atoms with Crippen molar-refractivity contribution in [3.63, 3.8) is 0 Å². The summed E-state index contributed by atoms with van der Waals surface area (Å²) in [5, 5.41) is 2.91. The van der Waals surface area contributed by atoms with Crippen LogP contribution >= 0.6 is 0 Å². The van der Waals surface area contributed by atoms with Crippen LogP contribution in [0.15, 0.2) is 24.4 Å². The number of ether oxygens (including phenoxy) is 2. The van der Waals surface area contributed by atoms with Crippen LogP contribution in [0, 0.1) is 5.92 Å². The van der Waals surface area contributed by atoms with Crippen LogP contribution in [0.4, 0.5) is 13.2 Å². The molecule has 4 rings (SSSR count). The molecule has 0 saturated heterocycles. The molecule has 0 aliphatic carbocycles. The molecular weight excluding hydrogens is 399 g/mol. The molecule has 2 unspecified atom stereocenters. The van der Waals surface area contributed by atoms with Gasteiger partial charge in [-0.15, -0.1) is 0 Å². The molecule has 1 aromatic heterocycles. The second-order valence-corrected chi connectivity index (χ2v) is 7.69. The SMILES string of the molecule is CCOCc1cccc2c1CC(NC(=O)c1cn3c(n1)CCC(C(F)(F)F)C3)CO2. The van der Waals surface area contributed by atoms with Crippen LogP contribution in [0.3, 0.4) is 0 Å². The zero-order valence-corrected chi connectivity index (χ0v) is 16.7. The van der Waals surface area contributed by atoms with E-state index in [-0.39, 0.29) is 31.1 Å². The number of hydrogen-bond acceptors (Lipinski definition) is 4. The van der Waals surface area contributed by atoms with Gasteiger partial charge < -0.3 is 19.4 Å². The molecule has 3 heterocycles. The van der Waals surface area contributed by atoms with Crippen molar-refractivity contribution >= 4 is 5.91 Å². The normalized spacial score (nSPS) is 20.8. The van der Waals surface area contributed by atoms with Gasteiger partial charge in [-0.1, -0.05) is 12.1 Å². The highest BCUT2D eigenvalue weighted by Crippen LogP contribution is 2.34. The molecular formula is C21H24F3N3O3. The number of benzene rings is 1. The molecule has 1 N–H and O–H groups in total. The van der Waals surface area contributed by atoms with E-state index in [0.29, 0.717) is 32.1 Å². The first-order valence-electron chi connectivity index (χ1n) is 10.1. The van der Waals surface area contributed by atoms with E-state index in [0.717, 1.165) is 16.9 Å². The van der Waals surface area contributed by atoms with Crippen molar-refractivity contribution in [2.24, 2.45) is 5.92 Å². The van der Waals surface area contributed by atoms with E-state index in [2.05, 4.69) is 10.3 Å². The first kappa shape index (κ1) is 20.7. The molecule has 2 aromatic rings. The first-order valence-corrected chi connectivity index (χ1v) is 10.1. The molecule has 2 aliphatic rings. The smallest absolute Gasteiger partial charge is 0.393 e. The Bertz CT molecular complexity index is 926. The van der Waals surface area contributed by atoms with Crippen LogP contribution in [0.2, 0.25) is 0 Å². The van der Waals surface area contributed by atoms with Gasteiger partial charge in [0.05, 0.1) is 18.6 Å². The quantitative estimate of drug-likeness (QED) is 0.802. The molecule has 0 radical (unpaired) electrons. The standard InChI is InChI=1S/C21H24F3N3O3/c1-2-29-11-13-4-3-5-18-16(13)8-15(12-30-18)25-20(28)17-10-27-9-14(21(22,23)24)6-7-19(27)26-17/h3-5,10,14-15H,2,6-9,11-12H2,1H3,(H,25,28). The van der Waals surface area contributed by atoms with E-state index in [1.54, 1.807) is 0 Å². The highest BCUT2D eigenvalue weighted by atomic mass is 19.4. The van der Waals surface area contributed by atoms with Crippen LogP contribution < -0.4 is 10.1 Å². The number of fused-ring (bicyclic) bond motifs is 2. The molecule has 30 heavy (non-hydrogen) atoms. The van der Waals surface area contributed by atoms with Gasteiger partial charge in [0.15, 0.2) is 0 Å². The minimum Gasteiger partial charge on any atom is -0.491 e. The van der Waals surface area contributed by atoms with Crippen LogP contribution in [0.1, 0.15) is 40.8 Å². The van der Waals surface area contributed by atoms with E-state index in [9.17, 15) is 18.0 Å². The zero-order valence-electron chi connectivity index (χ0n) is 16.7. The van der Waals surface area contributed by atoms with Crippen molar-refractivity contribution in [1.29, 1.82) is 0 Å².